The predicted molar refractivity (Wildman–Crippen MR) is 91.0 cm³/mol. The van der Waals surface area contributed by atoms with Gasteiger partial charge in [-0.25, -0.2) is 4.39 Å². The lowest BCUT2D eigenvalue weighted by Crippen LogP contribution is -2.26. The molecule has 0 radical (unpaired) electrons. The summed E-state index contributed by atoms with van der Waals surface area (Å²) in [6.45, 7) is 1.85. The second-order valence-electron chi connectivity index (χ2n) is 5.72. The molecule has 25 heavy (non-hydrogen) atoms. The quantitative estimate of drug-likeness (QED) is 0.744. The fourth-order valence-electron chi connectivity index (χ4n) is 2.43. The topological polar surface area (TPSA) is 68.0 Å². The Bertz CT molecular complexity index is 831. The van der Waals surface area contributed by atoms with Crippen LogP contribution in [0.3, 0.4) is 0 Å². The highest BCUT2D eigenvalue weighted by Crippen LogP contribution is 2.16. The molecule has 0 spiro atoms. The zero-order chi connectivity index (χ0) is 17.6. The van der Waals surface area contributed by atoms with E-state index in [1.54, 1.807) is 12.1 Å². The van der Waals surface area contributed by atoms with Crippen LogP contribution in [0.5, 0.6) is 0 Å². The lowest BCUT2D eigenvalue weighted by Gasteiger charge is -2.13. The van der Waals surface area contributed by atoms with Crippen molar-refractivity contribution >= 4 is 5.91 Å². The number of halogens is 1. The summed E-state index contributed by atoms with van der Waals surface area (Å²) >= 11 is 0. The highest BCUT2D eigenvalue weighted by molar-refractivity contribution is 5.76. The molecule has 1 N–H and O–H groups in total. The fourth-order valence-corrected chi connectivity index (χ4v) is 2.43. The average molecular weight is 339 g/mol. The van der Waals surface area contributed by atoms with Gasteiger partial charge in [0.15, 0.2) is 0 Å². The Kier molecular flexibility index (Phi) is 5.18. The Balaban J connectivity index is 1.52. The summed E-state index contributed by atoms with van der Waals surface area (Å²) in [5, 5.41) is 6.80. The Morgan fingerprint density at radius 1 is 1.16 bits per heavy atom. The number of aromatic nitrogens is 2. The van der Waals surface area contributed by atoms with E-state index in [4.69, 9.17) is 4.52 Å². The van der Waals surface area contributed by atoms with Crippen molar-refractivity contribution in [2.75, 3.05) is 0 Å². The van der Waals surface area contributed by atoms with Gasteiger partial charge in [0.1, 0.15) is 5.82 Å². The number of hydrogen-bond acceptors (Lipinski definition) is 4. The molecular weight excluding hydrogens is 321 g/mol. The molecule has 0 fully saturated rings. The smallest absolute Gasteiger partial charge is 0.227 e. The van der Waals surface area contributed by atoms with Crippen molar-refractivity contribution in [3.05, 3.63) is 71.9 Å². The molecule has 0 saturated heterocycles. The van der Waals surface area contributed by atoms with E-state index in [2.05, 4.69) is 15.5 Å². The van der Waals surface area contributed by atoms with Gasteiger partial charge in [0.25, 0.3) is 0 Å². The van der Waals surface area contributed by atoms with Gasteiger partial charge < -0.3 is 9.84 Å². The molecule has 6 heteroatoms. The zero-order valence-corrected chi connectivity index (χ0v) is 13.8. The van der Waals surface area contributed by atoms with Crippen LogP contribution in [-0.4, -0.2) is 16.0 Å². The molecule has 0 saturated carbocycles. The molecule has 1 heterocycles. The number of amides is 1. The molecule has 1 atom stereocenters. The van der Waals surface area contributed by atoms with Gasteiger partial charge in [0.05, 0.1) is 6.04 Å². The van der Waals surface area contributed by atoms with Gasteiger partial charge >= 0.3 is 0 Å². The molecule has 0 aliphatic rings. The van der Waals surface area contributed by atoms with Crippen LogP contribution in [0.25, 0.3) is 11.4 Å². The molecule has 3 rings (SSSR count). The molecule has 1 amide bonds. The van der Waals surface area contributed by atoms with Gasteiger partial charge in [-0.15, -0.1) is 0 Å². The molecule has 128 valence electrons. The summed E-state index contributed by atoms with van der Waals surface area (Å²) in [5.74, 6) is 0.503. The largest absolute Gasteiger partial charge is 0.350 e. The highest BCUT2D eigenvalue weighted by atomic mass is 19.1. The minimum atomic E-state index is -0.298. The molecule has 0 aliphatic carbocycles. The van der Waals surface area contributed by atoms with Gasteiger partial charge in [-0.05, 0) is 24.6 Å². The van der Waals surface area contributed by atoms with E-state index in [1.165, 1.54) is 12.1 Å². The lowest BCUT2D eigenvalue weighted by molar-refractivity contribution is -0.121. The third-order valence-electron chi connectivity index (χ3n) is 3.81. The Morgan fingerprint density at radius 2 is 1.88 bits per heavy atom. The summed E-state index contributed by atoms with van der Waals surface area (Å²) in [4.78, 5) is 16.4. The van der Waals surface area contributed by atoms with Crippen molar-refractivity contribution in [1.82, 2.24) is 15.5 Å². The number of hydrogen-bond donors (Lipinski definition) is 1. The second-order valence-corrected chi connectivity index (χ2v) is 5.72. The Hall–Kier alpha value is -3.02. The second kappa shape index (κ2) is 7.70. The summed E-state index contributed by atoms with van der Waals surface area (Å²) in [5.41, 5.74) is 1.71. The molecule has 0 bridgehead atoms. The monoisotopic (exact) mass is 339 g/mol. The molecule has 1 aromatic heterocycles. The number of benzene rings is 2. The first kappa shape index (κ1) is 16.8. The van der Waals surface area contributed by atoms with Crippen molar-refractivity contribution in [1.29, 1.82) is 0 Å². The fraction of sp³-hybridized carbons (Fsp3) is 0.211. The normalized spacial score (nSPS) is 11.9. The van der Waals surface area contributed by atoms with E-state index in [1.807, 2.05) is 37.3 Å². The van der Waals surface area contributed by atoms with Crippen LogP contribution in [0.1, 0.15) is 30.8 Å². The van der Waals surface area contributed by atoms with E-state index >= 15 is 0 Å². The van der Waals surface area contributed by atoms with Crippen molar-refractivity contribution < 1.29 is 13.7 Å². The van der Waals surface area contributed by atoms with Crippen molar-refractivity contribution in [2.24, 2.45) is 0 Å². The summed E-state index contributed by atoms with van der Waals surface area (Å²) < 4.78 is 18.1. The summed E-state index contributed by atoms with van der Waals surface area (Å²) in [6, 6.07) is 15.4. The molecule has 2 aromatic carbocycles. The van der Waals surface area contributed by atoms with Crippen LogP contribution in [0.4, 0.5) is 4.39 Å². The minimum Gasteiger partial charge on any atom is -0.350 e. The Morgan fingerprint density at radius 3 is 2.60 bits per heavy atom. The van der Waals surface area contributed by atoms with Gasteiger partial charge in [-0.2, -0.15) is 4.98 Å². The molecule has 1 unspecified atom stereocenters. The number of carbonyl (C=O) groups is 1. The third kappa shape index (κ3) is 4.50. The number of nitrogens with one attached hydrogen (secondary N) is 1. The lowest BCUT2D eigenvalue weighted by atomic mass is 10.1. The number of rotatable bonds is 6. The molecular formula is C19H18FN3O2. The molecule has 0 aliphatic heterocycles. The van der Waals surface area contributed by atoms with Crippen molar-refractivity contribution in [2.45, 2.75) is 25.8 Å². The standard InChI is InChI=1S/C19H18FN3O2/c1-13(14-7-9-16(20)10-8-14)21-17(24)11-12-18-22-19(23-25-18)15-5-3-2-4-6-15/h2-10,13H,11-12H2,1H3,(H,21,24). The number of carbonyl (C=O) groups excluding carboxylic acids is 1. The van der Waals surface area contributed by atoms with Crippen molar-refractivity contribution in [3.63, 3.8) is 0 Å². The van der Waals surface area contributed by atoms with E-state index in [0.29, 0.717) is 18.1 Å². The third-order valence-corrected chi connectivity index (χ3v) is 3.81. The van der Waals surface area contributed by atoms with Gasteiger partial charge in [-0.3, -0.25) is 4.79 Å². The summed E-state index contributed by atoms with van der Waals surface area (Å²) in [6.07, 6.45) is 0.601. The van der Waals surface area contributed by atoms with Crippen molar-refractivity contribution in [3.8, 4) is 11.4 Å². The van der Waals surface area contributed by atoms with Crippen LogP contribution in [0.2, 0.25) is 0 Å². The molecule has 3 aromatic rings. The molecule has 5 nitrogen and oxygen atoms in total. The average Bonchev–Trinajstić information content (AvgIpc) is 3.10. The van der Waals surface area contributed by atoms with E-state index in [-0.39, 0.29) is 24.2 Å². The van der Waals surface area contributed by atoms with Gasteiger partial charge in [0, 0.05) is 18.4 Å². The van der Waals surface area contributed by atoms with Crippen LogP contribution < -0.4 is 5.32 Å². The zero-order valence-electron chi connectivity index (χ0n) is 13.8. The Labute approximate surface area is 144 Å². The van der Waals surface area contributed by atoms with E-state index in [9.17, 15) is 9.18 Å². The first-order valence-corrected chi connectivity index (χ1v) is 8.04. The summed E-state index contributed by atoms with van der Waals surface area (Å²) in [7, 11) is 0. The van der Waals surface area contributed by atoms with E-state index in [0.717, 1.165) is 11.1 Å². The van der Waals surface area contributed by atoms with E-state index < -0.39 is 0 Å². The first-order chi connectivity index (χ1) is 12.1. The van der Waals surface area contributed by atoms with Crippen LogP contribution >= 0.6 is 0 Å². The SMILES string of the molecule is CC(NC(=O)CCc1nc(-c2ccccc2)no1)c1ccc(F)cc1. The maximum atomic E-state index is 12.9. The maximum Gasteiger partial charge on any atom is 0.227 e. The van der Waals surface area contributed by atoms with Crippen LogP contribution in [0.15, 0.2) is 59.1 Å². The maximum absolute atomic E-state index is 12.9. The van der Waals surface area contributed by atoms with Gasteiger partial charge in [-0.1, -0.05) is 47.6 Å². The van der Waals surface area contributed by atoms with Crippen LogP contribution in [-0.2, 0) is 11.2 Å². The number of aryl methyl sites for hydroxylation is 1. The highest BCUT2D eigenvalue weighted by Gasteiger charge is 2.13. The predicted octanol–water partition coefficient (Wildman–Crippen LogP) is 3.69. The first-order valence-electron chi connectivity index (χ1n) is 8.04. The number of nitrogens with zero attached hydrogens (tertiary/aromatic N) is 2. The minimum absolute atomic E-state index is 0.128. The van der Waals surface area contributed by atoms with Crippen LogP contribution in [0, 0.1) is 5.82 Å². The van der Waals surface area contributed by atoms with Gasteiger partial charge in [0.2, 0.25) is 17.6 Å².